The molecule has 1 atom stereocenters. The van der Waals surface area contributed by atoms with Crippen molar-refractivity contribution >= 4 is 28.3 Å². The Kier molecular flexibility index (Phi) is 6.89. The molecule has 0 heterocycles. The topological polar surface area (TPSA) is 87.7 Å². The van der Waals surface area contributed by atoms with Crippen LogP contribution in [0, 0.1) is 5.82 Å². The van der Waals surface area contributed by atoms with E-state index in [2.05, 4.69) is 10.0 Å². The SMILES string of the molecule is COc1cccc(-c2ccc(C(=O)Nc3ccc(O)c(NS(=O)c4ccc(F)cc4)c3)cc2)c1. The number of halogens is 1. The van der Waals surface area contributed by atoms with Gasteiger partial charge < -0.3 is 15.2 Å². The number of carbonyl (C=O) groups is 1. The molecular weight excluding hydrogens is 455 g/mol. The average molecular weight is 477 g/mol. The van der Waals surface area contributed by atoms with Crippen molar-refractivity contribution in [2.24, 2.45) is 0 Å². The molecule has 172 valence electrons. The molecule has 0 radical (unpaired) electrons. The van der Waals surface area contributed by atoms with Gasteiger partial charge in [0.15, 0.2) is 0 Å². The molecule has 8 heteroatoms. The van der Waals surface area contributed by atoms with E-state index in [0.717, 1.165) is 16.9 Å². The molecule has 1 unspecified atom stereocenters. The Balaban J connectivity index is 1.46. The molecule has 4 aromatic carbocycles. The third-order valence-electron chi connectivity index (χ3n) is 5.03. The van der Waals surface area contributed by atoms with E-state index in [4.69, 9.17) is 4.74 Å². The number of hydrogen-bond acceptors (Lipinski definition) is 4. The summed E-state index contributed by atoms with van der Waals surface area (Å²) in [7, 11) is -0.123. The molecule has 6 nitrogen and oxygen atoms in total. The molecule has 3 N–H and O–H groups in total. The first-order valence-electron chi connectivity index (χ1n) is 10.3. The summed E-state index contributed by atoms with van der Waals surface area (Å²) in [6.07, 6.45) is 0. The quantitative estimate of drug-likeness (QED) is 0.240. The van der Waals surface area contributed by atoms with Crippen molar-refractivity contribution in [3.8, 4) is 22.6 Å². The first kappa shape index (κ1) is 23.0. The Bertz CT molecular complexity index is 1340. The molecule has 4 rings (SSSR count). The molecule has 0 aliphatic heterocycles. The second kappa shape index (κ2) is 10.2. The number of hydrogen-bond donors (Lipinski definition) is 3. The van der Waals surface area contributed by atoms with Gasteiger partial charge in [-0.05, 0) is 77.9 Å². The van der Waals surface area contributed by atoms with Crippen molar-refractivity contribution in [2.45, 2.75) is 4.90 Å². The van der Waals surface area contributed by atoms with Gasteiger partial charge in [0.25, 0.3) is 5.91 Å². The lowest BCUT2D eigenvalue weighted by Gasteiger charge is -2.11. The maximum Gasteiger partial charge on any atom is 0.255 e. The minimum Gasteiger partial charge on any atom is -0.506 e. The van der Waals surface area contributed by atoms with E-state index >= 15 is 0 Å². The molecule has 0 saturated heterocycles. The molecule has 0 fully saturated rings. The fourth-order valence-corrected chi connectivity index (χ4v) is 4.10. The summed E-state index contributed by atoms with van der Waals surface area (Å²) in [5.41, 5.74) is 2.92. The molecule has 0 spiro atoms. The molecule has 0 aliphatic carbocycles. The van der Waals surface area contributed by atoms with E-state index in [1.54, 1.807) is 19.2 Å². The summed E-state index contributed by atoms with van der Waals surface area (Å²) in [6, 6.07) is 24.3. The van der Waals surface area contributed by atoms with Crippen LogP contribution in [0.3, 0.4) is 0 Å². The average Bonchev–Trinajstić information content (AvgIpc) is 2.86. The van der Waals surface area contributed by atoms with Crippen molar-refractivity contribution < 1.29 is 23.2 Å². The van der Waals surface area contributed by atoms with Crippen molar-refractivity contribution in [1.82, 2.24) is 0 Å². The molecule has 1 amide bonds. The van der Waals surface area contributed by atoms with E-state index in [1.165, 1.54) is 42.5 Å². The predicted octanol–water partition coefficient (Wildman–Crippen LogP) is 5.59. The van der Waals surface area contributed by atoms with Crippen LogP contribution in [0.15, 0.2) is 95.9 Å². The summed E-state index contributed by atoms with van der Waals surface area (Å²) >= 11 is 0. The fourth-order valence-electron chi connectivity index (χ4n) is 3.23. The molecule has 0 saturated carbocycles. The number of phenolic OH excluding ortho intramolecular Hbond substituents is 1. The molecule has 4 aromatic rings. The van der Waals surface area contributed by atoms with Gasteiger partial charge in [0.2, 0.25) is 0 Å². The number of carbonyl (C=O) groups excluding carboxylic acids is 1. The molecule has 0 bridgehead atoms. The van der Waals surface area contributed by atoms with Gasteiger partial charge in [0.1, 0.15) is 28.3 Å². The Morgan fingerprint density at radius 2 is 1.65 bits per heavy atom. The number of benzene rings is 4. The Labute approximate surface area is 198 Å². The first-order valence-corrected chi connectivity index (χ1v) is 11.4. The third-order valence-corrected chi connectivity index (χ3v) is 6.14. The van der Waals surface area contributed by atoms with Crippen LogP contribution in [0.5, 0.6) is 11.5 Å². The smallest absolute Gasteiger partial charge is 0.255 e. The van der Waals surface area contributed by atoms with Gasteiger partial charge in [-0.25, -0.2) is 8.60 Å². The largest absolute Gasteiger partial charge is 0.506 e. The number of aromatic hydroxyl groups is 1. The molecular formula is C26H21FN2O4S. The third kappa shape index (κ3) is 5.41. The number of nitrogens with one attached hydrogen (secondary N) is 2. The van der Waals surface area contributed by atoms with Crippen LogP contribution in [0.25, 0.3) is 11.1 Å². The summed E-state index contributed by atoms with van der Waals surface area (Å²) in [4.78, 5) is 13.1. The second-order valence-electron chi connectivity index (χ2n) is 7.32. The van der Waals surface area contributed by atoms with Gasteiger partial charge in [-0.3, -0.25) is 9.52 Å². The van der Waals surface area contributed by atoms with Crippen molar-refractivity contribution in [3.05, 3.63) is 102 Å². The van der Waals surface area contributed by atoms with Crippen LogP contribution in [0.2, 0.25) is 0 Å². The highest BCUT2D eigenvalue weighted by Crippen LogP contribution is 2.29. The molecule has 0 aromatic heterocycles. The van der Waals surface area contributed by atoms with E-state index in [-0.39, 0.29) is 17.3 Å². The number of amides is 1. The zero-order valence-corrected chi connectivity index (χ0v) is 18.9. The van der Waals surface area contributed by atoms with E-state index in [9.17, 15) is 18.5 Å². The van der Waals surface area contributed by atoms with Gasteiger partial charge in [0.05, 0.1) is 17.7 Å². The summed E-state index contributed by atoms with van der Waals surface area (Å²) in [6.45, 7) is 0. The van der Waals surface area contributed by atoms with Crippen LogP contribution in [-0.4, -0.2) is 22.3 Å². The van der Waals surface area contributed by atoms with Crippen molar-refractivity contribution in [3.63, 3.8) is 0 Å². The Hall–Kier alpha value is -4.17. The minimum absolute atomic E-state index is 0.142. The van der Waals surface area contributed by atoms with Crippen LogP contribution >= 0.6 is 0 Å². The summed E-state index contributed by atoms with van der Waals surface area (Å²) < 4.78 is 33.5. The van der Waals surface area contributed by atoms with Gasteiger partial charge in [-0.15, -0.1) is 0 Å². The zero-order valence-electron chi connectivity index (χ0n) is 18.1. The van der Waals surface area contributed by atoms with Crippen molar-refractivity contribution in [2.75, 3.05) is 17.1 Å². The van der Waals surface area contributed by atoms with Crippen LogP contribution < -0.4 is 14.8 Å². The van der Waals surface area contributed by atoms with E-state index in [1.807, 2.05) is 36.4 Å². The Morgan fingerprint density at radius 1 is 0.912 bits per heavy atom. The summed E-state index contributed by atoms with van der Waals surface area (Å²) in [5, 5.41) is 12.9. The zero-order chi connectivity index (χ0) is 24.1. The standard InChI is InChI=1S/C26H21FN2O4S/c1-33-22-4-2-3-19(15-22)17-5-7-18(8-6-17)26(31)28-21-11-14-25(30)24(16-21)29-34(32)23-12-9-20(27)10-13-23/h2-16,29-30H,1H3,(H,28,31). The number of ether oxygens (including phenoxy) is 1. The first-order chi connectivity index (χ1) is 16.4. The van der Waals surface area contributed by atoms with E-state index < -0.39 is 16.8 Å². The lowest BCUT2D eigenvalue weighted by atomic mass is 10.0. The molecule has 0 aliphatic rings. The fraction of sp³-hybridized carbons (Fsp3) is 0.0385. The van der Waals surface area contributed by atoms with E-state index in [0.29, 0.717) is 16.1 Å². The van der Waals surface area contributed by atoms with Gasteiger partial charge in [-0.2, -0.15) is 0 Å². The number of anilines is 2. The van der Waals surface area contributed by atoms with Gasteiger partial charge in [0, 0.05) is 11.3 Å². The highest BCUT2D eigenvalue weighted by atomic mass is 32.2. The van der Waals surface area contributed by atoms with Crippen LogP contribution in [0.1, 0.15) is 10.4 Å². The minimum atomic E-state index is -1.73. The summed E-state index contributed by atoms with van der Waals surface area (Å²) in [5.74, 6) is -0.175. The monoisotopic (exact) mass is 476 g/mol. The van der Waals surface area contributed by atoms with Crippen LogP contribution in [-0.2, 0) is 11.0 Å². The maximum absolute atomic E-state index is 13.1. The maximum atomic E-state index is 13.1. The molecule has 34 heavy (non-hydrogen) atoms. The number of rotatable bonds is 7. The Morgan fingerprint density at radius 3 is 2.35 bits per heavy atom. The predicted molar refractivity (Wildman–Crippen MR) is 131 cm³/mol. The highest BCUT2D eigenvalue weighted by molar-refractivity contribution is 7.86. The lowest BCUT2D eigenvalue weighted by molar-refractivity contribution is 0.102. The normalized spacial score (nSPS) is 11.5. The van der Waals surface area contributed by atoms with Crippen molar-refractivity contribution in [1.29, 1.82) is 0 Å². The highest BCUT2D eigenvalue weighted by Gasteiger charge is 2.12. The second-order valence-corrected chi connectivity index (χ2v) is 8.53. The lowest BCUT2D eigenvalue weighted by Crippen LogP contribution is -2.12. The van der Waals surface area contributed by atoms with Gasteiger partial charge >= 0.3 is 0 Å². The van der Waals surface area contributed by atoms with Crippen LogP contribution in [0.4, 0.5) is 15.8 Å². The van der Waals surface area contributed by atoms with Gasteiger partial charge in [-0.1, -0.05) is 24.3 Å². The number of phenols is 1. The number of methoxy groups -OCH3 is 1.